The van der Waals surface area contributed by atoms with E-state index >= 15 is 0 Å². The van der Waals surface area contributed by atoms with Crippen LogP contribution in [0, 0.1) is 0 Å². The van der Waals surface area contributed by atoms with Crippen LogP contribution in [0.4, 0.5) is 0 Å². The van der Waals surface area contributed by atoms with Crippen LogP contribution in [0.5, 0.6) is 0 Å². The molecule has 16 heavy (non-hydrogen) atoms. The standard InChI is InChI=1S/C12H19NO2S/c1-2-11(12-4-3-7-16-12)13-8-10-5-6-14-9-15-10/h3-4,7,10-11,13H,2,5-6,8-9H2,1H3. The van der Waals surface area contributed by atoms with E-state index in [4.69, 9.17) is 9.47 Å². The van der Waals surface area contributed by atoms with E-state index in [2.05, 4.69) is 29.8 Å². The van der Waals surface area contributed by atoms with E-state index in [-0.39, 0.29) is 0 Å². The molecule has 2 rings (SSSR count). The Morgan fingerprint density at radius 1 is 1.62 bits per heavy atom. The lowest BCUT2D eigenvalue weighted by Crippen LogP contribution is -2.35. The van der Waals surface area contributed by atoms with E-state index in [0.717, 1.165) is 26.0 Å². The van der Waals surface area contributed by atoms with Gasteiger partial charge in [-0.2, -0.15) is 0 Å². The van der Waals surface area contributed by atoms with Gasteiger partial charge in [0.1, 0.15) is 6.79 Å². The molecule has 2 unspecified atom stereocenters. The van der Waals surface area contributed by atoms with Crippen molar-refractivity contribution in [1.82, 2.24) is 5.32 Å². The van der Waals surface area contributed by atoms with Crippen molar-refractivity contribution in [3.63, 3.8) is 0 Å². The molecule has 4 heteroatoms. The molecular weight excluding hydrogens is 222 g/mol. The minimum absolute atomic E-state index is 0.308. The summed E-state index contributed by atoms with van der Waals surface area (Å²) in [6, 6.07) is 4.76. The van der Waals surface area contributed by atoms with Gasteiger partial charge in [-0.15, -0.1) is 11.3 Å². The third-order valence-electron chi connectivity index (χ3n) is 2.86. The summed E-state index contributed by atoms with van der Waals surface area (Å²) in [6.45, 7) is 4.40. The van der Waals surface area contributed by atoms with E-state index in [1.54, 1.807) is 0 Å². The minimum Gasteiger partial charge on any atom is -0.355 e. The van der Waals surface area contributed by atoms with E-state index in [0.29, 0.717) is 18.9 Å². The second kappa shape index (κ2) is 6.35. The fraction of sp³-hybridized carbons (Fsp3) is 0.667. The van der Waals surface area contributed by atoms with Crippen LogP contribution in [-0.2, 0) is 9.47 Å². The average Bonchev–Trinajstić information content (AvgIpc) is 2.85. The van der Waals surface area contributed by atoms with Crippen molar-refractivity contribution in [3.8, 4) is 0 Å². The predicted molar refractivity (Wildman–Crippen MR) is 65.7 cm³/mol. The summed E-state index contributed by atoms with van der Waals surface area (Å²) < 4.78 is 10.7. The maximum absolute atomic E-state index is 5.51. The van der Waals surface area contributed by atoms with Gasteiger partial charge < -0.3 is 14.8 Å². The zero-order valence-electron chi connectivity index (χ0n) is 9.65. The largest absolute Gasteiger partial charge is 0.355 e. The average molecular weight is 241 g/mol. The summed E-state index contributed by atoms with van der Waals surface area (Å²) in [6.07, 6.45) is 2.42. The van der Waals surface area contributed by atoms with E-state index < -0.39 is 0 Å². The highest BCUT2D eigenvalue weighted by Gasteiger charge is 2.16. The summed E-state index contributed by atoms with van der Waals surface area (Å²) in [7, 11) is 0. The van der Waals surface area contributed by atoms with Crippen LogP contribution in [0.1, 0.15) is 30.7 Å². The Bertz CT molecular complexity index is 283. The fourth-order valence-electron chi connectivity index (χ4n) is 1.87. The molecule has 1 fully saturated rings. The maximum Gasteiger partial charge on any atom is 0.147 e. The molecule has 1 aliphatic rings. The van der Waals surface area contributed by atoms with Gasteiger partial charge >= 0.3 is 0 Å². The summed E-state index contributed by atoms with van der Waals surface area (Å²) in [5, 5.41) is 5.70. The highest BCUT2D eigenvalue weighted by atomic mass is 32.1. The molecule has 1 saturated heterocycles. The van der Waals surface area contributed by atoms with Crippen LogP contribution >= 0.6 is 11.3 Å². The molecule has 0 saturated carbocycles. The molecule has 1 aromatic rings. The molecule has 2 heterocycles. The van der Waals surface area contributed by atoms with Gasteiger partial charge in [-0.1, -0.05) is 13.0 Å². The van der Waals surface area contributed by atoms with Gasteiger partial charge in [0, 0.05) is 17.5 Å². The topological polar surface area (TPSA) is 30.5 Å². The van der Waals surface area contributed by atoms with Crippen LogP contribution in [0.3, 0.4) is 0 Å². The third kappa shape index (κ3) is 3.28. The number of thiophene rings is 1. The van der Waals surface area contributed by atoms with Gasteiger partial charge in [0.25, 0.3) is 0 Å². The van der Waals surface area contributed by atoms with Crippen molar-refractivity contribution in [2.24, 2.45) is 0 Å². The monoisotopic (exact) mass is 241 g/mol. The second-order valence-corrected chi connectivity index (χ2v) is 4.97. The Morgan fingerprint density at radius 3 is 3.19 bits per heavy atom. The molecule has 1 N–H and O–H groups in total. The first-order chi connectivity index (χ1) is 7.90. The van der Waals surface area contributed by atoms with Crippen LogP contribution in [0.2, 0.25) is 0 Å². The lowest BCUT2D eigenvalue weighted by Gasteiger charge is -2.25. The van der Waals surface area contributed by atoms with Gasteiger partial charge in [0.05, 0.1) is 12.7 Å². The quantitative estimate of drug-likeness (QED) is 0.859. The van der Waals surface area contributed by atoms with Crippen molar-refractivity contribution in [1.29, 1.82) is 0 Å². The van der Waals surface area contributed by atoms with Crippen LogP contribution < -0.4 is 5.32 Å². The number of hydrogen-bond acceptors (Lipinski definition) is 4. The molecule has 0 amide bonds. The van der Waals surface area contributed by atoms with Crippen LogP contribution in [-0.4, -0.2) is 26.0 Å². The molecule has 0 bridgehead atoms. The third-order valence-corrected chi connectivity index (χ3v) is 3.84. The molecule has 2 atom stereocenters. The SMILES string of the molecule is CCC(NCC1CCOCO1)c1cccs1. The predicted octanol–water partition coefficient (Wildman–Crippen LogP) is 2.55. The minimum atomic E-state index is 0.308. The molecule has 0 aliphatic carbocycles. The zero-order valence-corrected chi connectivity index (χ0v) is 10.5. The first kappa shape index (κ1) is 12.0. The first-order valence-corrected chi connectivity index (χ1v) is 6.74. The number of hydrogen-bond donors (Lipinski definition) is 1. The molecule has 3 nitrogen and oxygen atoms in total. The first-order valence-electron chi connectivity index (χ1n) is 5.86. The van der Waals surface area contributed by atoms with Crippen molar-refractivity contribution < 1.29 is 9.47 Å². The normalized spacial score (nSPS) is 23.2. The van der Waals surface area contributed by atoms with Crippen molar-refractivity contribution in [3.05, 3.63) is 22.4 Å². The highest BCUT2D eigenvalue weighted by molar-refractivity contribution is 7.10. The Hall–Kier alpha value is -0.420. The molecule has 0 spiro atoms. The van der Waals surface area contributed by atoms with Gasteiger partial charge in [-0.25, -0.2) is 0 Å². The van der Waals surface area contributed by atoms with Crippen molar-refractivity contribution in [2.45, 2.75) is 31.9 Å². The van der Waals surface area contributed by atoms with E-state index in [1.165, 1.54) is 4.88 Å². The Morgan fingerprint density at radius 2 is 2.56 bits per heavy atom. The summed E-state index contributed by atoms with van der Waals surface area (Å²) in [5.41, 5.74) is 0. The lowest BCUT2D eigenvalue weighted by molar-refractivity contribution is -0.137. The Balaban J connectivity index is 1.78. The van der Waals surface area contributed by atoms with Gasteiger partial charge in [-0.3, -0.25) is 0 Å². The number of nitrogens with one attached hydrogen (secondary N) is 1. The molecule has 1 aliphatic heterocycles. The van der Waals surface area contributed by atoms with Crippen molar-refractivity contribution in [2.75, 3.05) is 19.9 Å². The molecule has 1 aromatic heterocycles. The fourth-order valence-corrected chi connectivity index (χ4v) is 2.76. The number of rotatable bonds is 5. The molecule has 0 radical (unpaired) electrons. The molecule has 0 aromatic carbocycles. The summed E-state index contributed by atoms with van der Waals surface area (Å²) in [5.74, 6) is 0. The second-order valence-electron chi connectivity index (χ2n) is 3.99. The van der Waals surface area contributed by atoms with Gasteiger partial charge in [0.2, 0.25) is 0 Å². The van der Waals surface area contributed by atoms with Gasteiger partial charge in [0.15, 0.2) is 0 Å². The van der Waals surface area contributed by atoms with Gasteiger partial charge in [-0.05, 0) is 24.3 Å². The lowest BCUT2D eigenvalue weighted by atomic mass is 10.1. The van der Waals surface area contributed by atoms with E-state index in [1.807, 2.05) is 11.3 Å². The van der Waals surface area contributed by atoms with Crippen LogP contribution in [0.15, 0.2) is 17.5 Å². The number of ether oxygens (including phenoxy) is 2. The maximum atomic E-state index is 5.51. The molecule has 90 valence electrons. The highest BCUT2D eigenvalue weighted by Crippen LogP contribution is 2.21. The van der Waals surface area contributed by atoms with Crippen molar-refractivity contribution >= 4 is 11.3 Å². The molecular formula is C12H19NO2S. The Labute approximate surface area is 101 Å². The smallest absolute Gasteiger partial charge is 0.147 e. The summed E-state index contributed by atoms with van der Waals surface area (Å²) in [4.78, 5) is 1.41. The van der Waals surface area contributed by atoms with Crippen LogP contribution in [0.25, 0.3) is 0 Å². The zero-order chi connectivity index (χ0) is 11.2. The van der Waals surface area contributed by atoms with E-state index in [9.17, 15) is 0 Å². The summed E-state index contributed by atoms with van der Waals surface area (Å²) >= 11 is 1.81. The Kier molecular flexibility index (Phi) is 4.78.